The van der Waals surface area contributed by atoms with Crippen LogP contribution in [0.5, 0.6) is 0 Å². The van der Waals surface area contributed by atoms with Gasteiger partial charge >= 0.3 is 0 Å². The number of nitrogens with zero attached hydrogens (tertiary/aromatic N) is 1. The van der Waals surface area contributed by atoms with E-state index in [1.807, 2.05) is 0 Å². The number of alkyl halides is 1. The second kappa shape index (κ2) is 8.28. The third kappa shape index (κ3) is 4.13. The van der Waals surface area contributed by atoms with E-state index in [4.69, 9.17) is 0 Å². The third-order valence-electron chi connectivity index (χ3n) is 8.48. The minimum Gasteiger partial charge on any atom is -0.388 e. The van der Waals surface area contributed by atoms with Gasteiger partial charge in [-0.2, -0.15) is 0 Å². The van der Waals surface area contributed by atoms with Gasteiger partial charge < -0.3 is 10.2 Å². The van der Waals surface area contributed by atoms with Crippen LogP contribution in [0.1, 0.15) is 58.8 Å². The van der Waals surface area contributed by atoms with E-state index in [1.54, 1.807) is 5.57 Å². The Morgan fingerprint density at radius 1 is 1.21 bits per heavy atom. The highest BCUT2D eigenvalue weighted by molar-refractivity contribution is 5.29. The number of fused-ring (bicyclic) bond motifs is 1. The number of likely N-dealkylation sites (tertiary alicyclic amines) is 1. The standard InChI is InChI=1S/C25H38FNO2/c1-16(13-27-14-20(26)15-27)21-8-9-22-19(5-4-10-25(21,22)3)7-6-18-11-23(28)17(2)24(29)12-18/h6-7,16,20-24,28-29H,2,4-5,8-15H2,1,3H3/t16?,21-,22+,23-,24-,25-/m1/s1. The van der Waals surface area contributed by atoms with E-state index in [0.717, 1.165) is 12.1 Å². The van der Waals surface area contributed by atoms with Crippen molar-refractivity contribution in [3.05, 3.63) is 35.5 Å². The van der Waals surface area contributed by atoms with Crippen LogP contribution in [0.2, 0.25) is 0 Å². The first kappa shape index (κ1) is 21.3. The van der Waals surface area contributed by atoms with Gasteiger partial charge in [0.1, 0.15) is 6.17 Å². The van der Waals surface area contributed by atoms with Gasteiger partial charge in [-0.15, -0.1) is 0 Å². The lowest BCUT2D eigenvalue weighted by atomic mass is 9.61. The van der Waals surface area contributed by atoms with Crippen molar-refractivity contribution in [3.63, 3.8) is 0 Å². The van der Waals surface area contributed by atoms with Gasteiger partial charge in [0.15, 0.2) is 0 Å². The molecule has 0 spiro atoms. The second-order valence-electron chi connectivity index (χ2n) is 10.5. The number of aliphatic hydroxyl groups excluding tert-OH is 2. The van der Waals surface area contributed by atoms with Crippen molar-refractivity contribution in [2.24, 2.45) is 23.2 Å². The number of allylic oxidation sites excluding steroid dienone is 3. The van der Waals surface area contributed by atoms with Gasteiger partial charge in [0.05, 0.1) is 12.2 Å². The zero-order chi connectivity index (χ0) is 20.8. The fourth-order valence-electron chi connectivity index (χ4n) is 6.83. The first-order chi connectivity index (χ1) is 13.8. The molecule has 1 unspecified atom stereocenters. The van der Waals surface area contributed by atoms with Crippen molar-refractivity contribution in [3.8, 4) is 0 Å². The van der Waals surface area contributed by atoms with Crippen molar-refractivity contribution >= 4 is 0 Å². The lowest BCUT2D eigenvalue weighted by Gasteiger charge is -2.46. The molecular weight excluding hydrogens is 365 g/mol. The summed E-state index contributed by atoms with van der Waals surface area (Å²) in [5, 5.41) is 20.2. The predicted octanol–water partition coefficient (Wildman–Crippen LogP) is 4.42. The molecule has 0 bridgehead atoms. The maximum absolute atomic E-state index is 13.2. The van der Waals surface area contributed by atoms with Crippen LogP contribution in [0.4, 0.5) is 4.39 Å². The zero-order valence-corrected chi connectivity index (χ0v) is 18.1. The maximum atomic E-state index is 13.2. The molecule has 1 aliphatic heterocycles. The minimum atomic E-state index is -0.623. The molecular formula is C25H38FNO2. The van der Waals surface area contributed by atoms with Crippen LogP contribution < -0.4 is 0 Å². The van der Waals surface area contributed by atoms with E-state index < -0.39 is 18.4 Å². The maximum Gasteiger partial charge on any atom is 0.125 e. The zero-order valence-electron chi connectivity index (χ0n) is 18.1. The van der Waals surface area contributed by atoms with Crippen LogP contribution in [-0.2, 0) is 0 Å². The van der Waals surface area contributed by atoms with Crippen LogP contribution >= 0.6 is 0 Å². The fourth-order valence-corrected chi connectivity index (χ4v) is 6.83. The Morgan fingerprint density at radius 2 is 1.90 bits per heavy atom. The van der Waals surface area contributed by atoms with Crippen molar-refractivity contribution in [2.45, 2.75) is 77.2 Å². The molecule has 6 atom stereocenters. The van der Waals surface area contributed by atoms with E-state index in [1.165, 1.54) is 32.1 Å². The summed E-state index contributed by atoms with van der Waals surface area (Å²) in [5.41, 5.74) is 3.58. The number of halogens is 1. The van der Waals surface area contributed by atoms with E-state index >= 15 is 0 Å². The molecule has 0 amide bonds. The van der Waals surface area contributed by atoms with Crippen molar-refractivity contribution < 1.29 is 14.6 Å². The molecule has 29 heavy (non-hydrogen) atoms. The number of hydrogen-bond acceptors (Lipinski definition) is 3. The molecule has 0 aromatic carbocycles. The molecule has 3 nitrogen and oxygen atoms in total. The van der Waals surface area contributed by atoms with Crippen LogP contribution in [0.15, 0.2) is 35.5 Å². The molecule has 4 heteroatoms. The van der Waals surface area contributed by atoms with Gasteiger partial charge in [-0.3, -0.25) is 4.90 Å². The largest absolute Gasteiger partial charge is 0.388 e. The van der Waals surface area contributed by atoms with Crippen LogP contribution in [0.25, 0.3) is 0 Å². The highest BCUT2D eigenvalue weighted by Crippen LogP contribution is 2.59. The average Bonchev–Trinajstić information content (AvgIpc) is 3.00. The van der Waals surface area contributed by atoms with Gasteiger partial charge in [-0.1, -0.05) is 43.7 Å². The smallest absolute Gasteiger partial charge is 0.125 e. The molecule has 162 valence electrons. The summed E-state index contributed by atoms with van der Waals surface area (Å²) in [6.07, 6.45) is 10.0. The van der Waals surface area contributed by atoms with Gasteiger partial charge in [0, 0.05) is 19.6 Å². The summed E-state index contributed by atoms with van der Waals surface area (Å²) in [4.78, 5) is 2.28. The van der Waals surface area contributed by atoms with E-state index in [0.29, 0.717) is 54.7 Å². The predicted molar refractivity (Wildman–Crippen MR) is 115 cm³/mol. The Labute approximate surface area is 175 Å². The lowest BCUT2D eigenvalue weighted by molar-refractivity contribution is 0.0226. The Kier molecular flexibility index (Phi) is 6.07. The number of hydrogen-bond donors (Lipinski definition) is 2. The summed E-state index contributed by atoms with van der Waals surface area (Å²) in [6, 6.07) is 0. The van der Waals surface area contributed by atoms with Gasteiger partial charge in [0.25, 0.3) is 0 Å². The molecule has 1 saturated heterocycles. The molecule has 3 saturated carbocycles. The lowest BCUT2D eigenvalue weighted by Crippen LogP contribution is -2.51. The van der Waals surface area contributed by atoms with Gasteiger partial charge in [-0.25, -0.2) is 4.39 Å². The Hall–Kier alpha value is -0.970. The SMILES string of the molecule is C=C1[C@H](O)CC(=CC=C2CCC[C@]3(C)[C@@H](C(C)CN4CC(F)C4)CC[C@@H]23)C[C@H]1O. The molecule has 1 heterocycles. The monoisotopic (exact) mass is 403 g/mol. The average molecular weight is 404 g/mol. The van der Waals surface area contributed by atoms with Crippen LogP contribution in [0.3, 0.4) is 0 Å². The summed E-state index contributed by atoms with van der Waals surface area (Å²) in [5.74, 6) is 1.97. The number of aliphatic hydroxyl groups is 2. The molecule has 4 aliphatic rings. The van der Waals surface area contributed by atoms with E-state index in [2.05, 4.69) is 37.5 Å². The van der Waals surface area contributed by atoms with E-state index in [-0.39, 0.29) is 0 Å². The summed E-state index contributed by atoms with van der Waals surface area (Å²) in [7, 11) is 0. The molecule has 0 aromatic heterocycles. The minimum absolute atomic E-state index is 0.349. The van der Waals surface area contributed by atoms with Crippen molar-refractivity contribution in [1.29, 1.82) is 0 Å². The fraction of sp³-hybridized carbons (Fsp3) is 0.760. The second-order valence-corrected chi connectivity index (χ2v) is 10.5. The Balaban J connectivity index is 1.45. The van der Waals surface area contributed by atoms with Gasteiger partial charge in [0.2, 0.25) is 0 Å². The Morgan fingerprint density at radius 3 is 2.55 bits per heavy atom. The highest BCUT2D eigenvalue weighted by atomic mass is 19.1. The molecule has 4 fully saturated rings. The van der Waals surface area contributed by atoms with Crippen molar-refractivity contribution in [2.75, 3.05) is 19.6 Å². The molecule has 3 aliphatic carbocycles. The van der Waals surface area contributed by atoms with Crippen LogP contribution in [-0.4, -0.2) is 53.1 Å². The molecule has 0 aromatic rings. The normalized spacial score (nSPS) is 41.3. The quantitative estimate of drug-likeness (QED) is 0.683. The first-order valence-corrected chi connectivity index (χ1v) is 11.6. The van der Waals surface area contributed by atoms with E-state index in [9.17, 15) is 14.6 Å². The molecule has 0 radical (unpaired) electrons. The third-order valence-corrected chi connectivity index (χ3v) is 8.48. The summed E-state index contributed by atoms with van der Waals surface area (Å²) < 4.78 is 13.2. The molecule has 4 rings (SSSR count). The van der Waals surface area contributed by atoms with Crippen LogP contribution in [0, 0.1) is 23.2 Å². The topological polar surface area (TPSA) is 43.7 Å². The summed E-state index contributed by atoms with van der Waals surface area (Å²) >= 11 is 0. The highest BCUT2D eigenvalue weighted by Gasteiger charge is 2.51. The van der Waals surface area contributed by atoms with Gasteiger partial charge in [-0.05, 0) is 73.7 Å². The number of rotatable bonds is 4. The van der Waals surface area contributed by atoms with Crippen molar-refractivity contribution in [1.82, 2.24) is 4.90 Å². The molecule has 2 N–H and O–H groups in total. The first-order valence-electron chi connectivity index (χ1n) is 11.6. The Bertz CT molecular complexity index is 679. The summed E-state index contributed by atoms with van der Waals surface area (Å²) in [6.45, 7) is 11.0.